The van der Waals surface area contributed by atoms with Crippen LogP contribution in [0.5, 0.6) is 0 Å². The van der Waals surface area contributed by atoms with Crippen molar-refractivity contribution < 1.29 is 9.90 Å². The highest BCUT2D eigenvalue weighted by molar-refractivity contribution is 5.68. The van der Waals surface area contributed by atoms with E-state index < -0.39 is 5.97 Å². The van der Waals surface area contributed by atoms with E-state index in [1.807, 2.05) is 6.08 Å². The molecule has 0 atom stereocenters. The van der Waals surface area contributed by atoms with Crippen molar-refractivity contribution in [3.8, 4) is 0 Å². The summed E-state index contributed by atoms with van der Waals surface area (Å²) in [6, 6.07) is 0. The molecule has 0 radical (unpaired) electrons. The summed E-state index contributed by atoms with van der Waals surface area (Å²) < 4.78 is 0. The minimum Gasteiger partial charge on any atom is -0.481 e. The van der Waals surface area contributed by atoms with Gasteiger partial charge in [0, 0.05) is 5.54 Å². The zero-order valence-corrected chi connectivity index (χ0v) is 12.4. The zero-order valence-electron chi connectivity index (χ0n) is 12.4. The summed E-state index contributed by atoms with van der Waals surface area (Å²) >= 11 is 0. The molecule has 1 N–H and O–H groups in total. The summed E-state index contributed by atoms with van der Waals surface area (Å²) in [6.45, 7) is 4.75. The number of carboxylic acid groups (broad SMARTS) is 1. The van der Waals surface area contributed by atoms with Crippen LogP contribution in [-0.2, 0) is 4.79 Å². The Bertz CT molecular complexity index is 282. The predicted octanol–water partition coefficient (Wildman–Crippen LogP) is 3.84. The maximum Gasteiger partial charge on any atom is 0.305 e. The van der Waals surface area contributed by atoms with E-state index in [1.165, 1.54) is 32.1 Å². The molecule has 1 rings (SSSR count). The van der Waals surface area contributed by atoms with Gasteiger partial charge in [-0.3, -0.25) is 4.79 Å². The van der Waals surface area contributed by atoms with Gasteiger partial charge in [0.2, 0.25) is 0 Å². The summed E-state index contributed by atoms with van der Waals surface area (Å²) in [4.78, 5) is 13.5. The van der Waals surface area contributed by atoms with Gasteiger partial charge in [0.05, 0.1) is 6.42 Å². The number of nitrogens with zero attached hydrogens (tertiary/aromatic N) is 1. The largest absolute Gasteiger partial charge is 0.481 e. The van der Waals surface area contributed by atoms with E-state index in [-0.39, 0.29) is 5.54 Å². The second kappa shape index (κ2) is 8.36. The summed E-state index contributed by atoms with van der Waals surface area (Å²) in [7, 11) is 2.11. The molecule has 1 aliphatic carbocycles. The maximum absolute atomic E-state index is 11.2. The highest BCUT2D eigenvalue weighted by Gasteiger charge is 2.37. The number of hydrogen-bond acceptors (Lipinski definition) is 2. The molecule has 0 amide bonds. The van der Waals surface area contributed by atoms with Crippen molar-refractivity contribution in [1.82, 2.24) is 4.90 Å². The lowest BCUT2D eigenvalue weighted by Gasteiger charge is -2.44. The summed E-state index contributed by atoms with van der Waals surface area (Å²) in [5.41, 5.74) is -0.0808. The molecular weight excluding hydrogens is 238 g/mol. The average Bonchev–Trinajstić information content (AvgIpc) is 2.38. The van der Waals surface area contributed by atoms with Crippen LogP contribution in [0.4, 0.5) is 0 Å². The third-order valence-corrected chi connectivity index (χ3v) is 4.48. The van der Waals surface area contributed by atoms with Gasteiger partial charge in [-0.15, -0.1) is 6.58 Å². The smallest absolute Gasteiger partial charge is 0.305 e. The van der Waals surface area contributed by atoms with Gasteiger partial charge in [0.15, 0.2) is 0 Å². The number of allylic oxidation sites excluding steroid dienone is 1. The Morgan fingerprint density at radius 1 is 1.26 bits per heavy atom. The standard InChI is InChI=1S/C16H29NO2/c1-3-4-5-6-10-13-17(2)16(14-15(18)19)11-8-7-9-12-16/h3H,1,4-14H2,2H3,(H,18,19). The highest BCUT2D eigenvalue weighted by atomic mass is 16.4. The van der Waals surface area contributed by atoms with Gasteiger partial charge in [-0.05, 0) is 45.7 Å². The van der Waals surface area contributed by atoms with Crippen LogP contribution >= 0.6 is 0 Å². The summed E-state index contributed by atoms with van der Waals surface area (Å²) in [5.74, 6) is -0.652. The number of carboxylic acids is 1. The Balaban J connectivity index is 2.44. The quantitative estimate of drug-likeness (QED) is 0.509. The molecule has 19 heavy (non-hydrogen) atoms. The van der Waals surface area contributed by atoms with Crippen LogP contribution in [0.25, 0.3) is 0 Å². The van der Waals surface area contributed by atoms with Crippen molar-refractivity contribution in [3.05, 3.63) is 12.7 Å². The molecule has 1 aliphatic rings. The van der Waals surface area contributed by atoms with Crippen LogP contribution < -0.4 is 0 Å². The molecule has 0 spiro atoms. The van der Waals surface area contributed by atoms with Crippen LogP contribution in [-0.4, -0.2) is 35.1 Å². The molecule has 0 heterocycles. The first-order chi connectivity index (χ1) is 9.10. The van der Waals surface area contributed by atoms with E-state index in [4.69, 9.17) is 0 Å². The Morgan fingerprint density at radius 2 is 1.95 bits per heavy atom. The van der Waals surface area contributed by atoms with Crippen molar-refractivity contribution in [1.29, 1.82) is 0 Å². The van der Waals surface area contributed by atoms with E-state index in [0.29, 0.717) is 6.42 Å². The molecule has 110 valence electrons. The van der Waals surface area contributed by atoms with Crippen LogP contribution in [0.1, 0.15) is 64.2 Å². The fourth-order valence-electron chi connectivity index (χ4n) is 3.24. The molecule has 0 aromatic carbocycles. The third kappa shape index (κ3) is 5.35. The van der Waals surface area contributed by atoms with Crippen molar-refractivity contribution in [3.63, 3.8) is 0 Å². The molecule has 0 aliphatic heterocycles. The first kappa shape index (κ1) is 16.2. The van der Waals surface area contributed by atoms with E-state index in [9.17, 15) is 9.90 Å². The van der Waals surface area contributed by atoms with E-state index in [1.54, 1.807) is 0 Å². The maximum atomic E-state index is 11.2. The molecule has 3 nitrogen and oxygen atoms in total. The number of carbonyl (C=O) groups is 1. The molecule has 0 aromatic heterocycles. The Labute approximate surface area is 117 Å². The lowest BCUT2D eigenvalue weighted by Crippen LogP contribution is -2.49. The fraction of sp³-hybridized carbons (Fsp3) is 0.812. The van der Waals surface area contributed by atoms with Crippen molar-refractivity contribution in [2.24, 2.45) is 0 Å². The minimum atomic E-state index is -0.652. The Hall–Kier alpha value is -0.830. The second-order valence-electron chi connectivity index (χ2n) is 5.92. The fourth-order valence-corrected chi connectivity index (χ4v) is 3.24. The zero-order chi connectivity index (χ0) is 14.1. The van der Waals surface area contributed by atoms with E-state index in [2.05, 4.69) is 18.5 Å². The topological polar surface area (TPSA) is 40.5 Å². The number of aliphatic carboxylic acids is 1. The lowest BCUT2D eigenvalue weighted by atomic mass is 9.78. The number of unbranched alkanes of at least 4 members (excludes halogenated alkanes) is 3. The summed E-state index contributed by atoms with van der Waals surface area (Å²) in [6.07, 6.45) is 12.6. The molecular formula is C16H29NO2. The van der Waals surface area contributed by atoms with Crippen LogP contribution in [0.15, 0.2) is 12.7 Å². The monoisotopic (exact) mass is 267 g/mol. The molecule has 3 heteroatoms. The van der Waals surface area contributed by atoms with Gasteiger partial charge >= 0.3 is 5.97 Å². The Morgan fingerprint density at radius 3 is 2.53 bits per heavy atom. The van der Waals surface area contributed by atoms with E-state index >= 15 is 0 Å². The molecule has 0 unspecified atom stereocenters. The van der Waals surface area contributed by atoms with Crippen molar-refractivity contribution >= 4 is 5.97 Å². The van der Waals surface area contributed by atoms with Gasteiger partial charge in [0.1, 0.15) is 0 Å². The molecule has 1 fully saturated rings. The van der Waals surface area contributed by atoms with Gasteiger partial charge in [-0.1, -0.05) is 31.8 Å². The number of rotatable bonds is 9. The third-order valence-electron chi connectivity index (χ3n) is 4.48. The highest BCUT2D eigenvalue weighted by Crippen LogP contribution is 2.36. The molecule has 0 bridgehead atoms. The van der Waals surface area contributed by atoms with Crippen LogP contribution in [0, 0.1) is 0 Å². The molecule has 0 aromatic rings. The van der Waals surface area contributed by atoms with Crippen LogP contribution in [0.2, 0.25) is 0 Å². The molecule has 1 saturated carbocycles. The number of hydrogen-bond donors (Lipinski definition) is 1. The Kier molecular flexibility index (Phi) is 7.14. The van der Waals surface area contributed by atoms with Crippen molar-refractivity contribution in [2.75, 3.05) is 13.6 Å². The predicted molar refractivity (Wildman–Crippen MR) is 79.4 cm³/mol. The molecule has 0 saturated heterocycles. The van der Waals surface area contributed by atoms with Gasteiger partial charge in [-0.25, -0.2) is 0 Å². The van der Waals surface area contributed by atoms with Gasteiger partial charge < -0.3 is 10.0 Å². The van der Waals surface area contributed by atoms with Gasteiger partial charge in [0.25, 0.3) is 0 Å². The van der Waals surface area contributed by atoms with Crippen LogP contribution in [0.3, 0.4) is 0 Å². The first-order valence-electron chi connectivity index (χ1n) is 7.65. The van der Waals surface area contributed by atoms with Crippen molar-refractivity contribution in [2.45, 2.75) is 69.7 Å². The average molecular weight is 267 g/mol. The SMILES string of the molecule is C=CCCCCCN(C)C1(CC(=O)O)CCCCC1. The van der Waals surface area contributed by atoms with Gasteiger partial charge in [-0.2, -0.15) is 0 Å². The normalized spacial score (nSPS) is 18.4. The lowest BCUT2D eigenvalue weighted by molar-refractivity contribution is -0.141. The first-order valence-corrected chi connectivity index (χ1v) is 7.65. The summed E-state index contributed by atoms with van der Waals surface area (Å²) in [5, 5.41) is 9.18. The minimum absolute atomic E-state index is 0.0808. The second-order valence-corrected chi connectivity index (χ2v) is 5.92. The van der Waals surface area contributed by atoms with E-state index in [0.717, 1.165) is 32.2 Å².